The van der Waals surface area contributed by atoms with Crippen LogP contribution in [0, 0.1) is 6.92 Å². The first kappa shape index (κ1) is 26.9. The van der Waals surface area contributed by atoms with E-state index >= 15 is 13.2 Å². The van der Waals surface area contributed by atoms with Crippen LogP contribution in [0.25, 0.3) is 5.69 Å². The van der Waals surface area contributed by atoms with Gasteiger partial charge in [0, 0.05) is 5.56 Å². The van der Waals surface area contributed by atoms with Crippen molar-refractivity contribution in [1.82, 2.24) is 9.78 Å². The van der Waals surface area contributed by atoms with Crippen molar-refractivity contribution in [3.8, 4) is 11.6 Å². The van der Waals surface area contributed by atoms with Crippen molar-refractivity contribution < 1.29 is 32.2 Å². The van der Waals surface area contributed by atoms with Crippen molar-refractivity contribution in [2.75, 3.05) is 11.5 Å². The van der Waals surface area contributed by atoms with E-state index in [1.807, 2.05) is 0 Å². The van der Waals surface area contributed by atoms with Gasteiger partial charge in [-0.2, -0.15) is 18.3 Å². The van der Waals surface area contributed by atoms with Gasteiger partial charge < -0.3 is 14.4 Å². The Morgan fingerprint density at radius 1 is 1.02 bits per heavy atom. The number of aryl methyl sites for hydroxylation is 1. The molecule has 2 aliphatic heterocycles. The Morgan fingerprint density at radius 3 is 2.32 bits per heavy atom. The maximum atomic E-state index is 15.9. The number of esters is 1. The third kappa shape index (κ3) is 3.49. The largest absolute Gasteiger partial charge is 0.465 e. The second-order valence-electron chi connectivity index (χ2n) is 9.78. The number of nitrogens with zero attached hydrogens (tertiary/aromatic N) is 3. The molecule has 0 saturated heterocycles. The number of ether oxygens (including phenoxy) is 2. The fourth-order valence-corrected chi connectivity index (χ4v) is 6.25. The van der Waals surface area contributed by atoms with Gasteiger partial charge in [-0.3, -0.25) is 9.59 Å². The Hall–Kier alpha value is -4.31. The molecule has 41 heavy (non-hydrogen) atoms. The number of fused-ring (bicyclic) bond motifs is 3. The van der Waals surface area contributed by atoms with Gasteiger partial charge in [0.1, 0.15) is 0 Å². The van der Waals surface area contributed by atoms with Crippen LogP contribution in [0.4, 0.5) is 18.9 Å². The van der Waals surface area contributed by atoms with Crippen molar-refractivity contribution in [2.45, 2.75) is 37.6 Å². The summed E-state index contributed by atoms with van der Waals surface area (Å²) in [4.78, 5) is 29.7. The van der Waals surface area contributed by atoms with Gasteiger partial charge in [0.05, 0.1) is 40.8 Å². The molecule has 7 nitrogen and oxygen atoms in total. The van der Waals surface area contributed by atoms with Gasteiger partial charge in [0.15, 0.2) is 0 Å². The molecule has 0 fully saturated rings. The highest BCUT2D eigenvalue weighted by Gasteiger charge is 2.86. The minimum absolute atomic E-state index is 0.0305. The maximum Gasteiger partial charge on any atom is 0.414 e. The van der Waals surface area contributed by atoms with Gasteiger partial charge >= 0.3 is 12.1 Å². The molecule has 0 unspecified atom stereocenters. The number of carbonyl (C=O) groups is 2. The van der Waals surface area contributed by atoms with E-state index in [0.717, 1.165) is 4.90 Å². The van der Waals surface area contributed by atoms with E-state index in [1.165, 1.54) is 36.7 Å². The van der Waals surface area contributed by atoms with Gasteiger partial charge in [-0.25, -0.2) is 4.68 Å². The number of rotatable bonds is 5. The van der Waals surface area contributed by atoms with Crippen LogP contribution in [0.2, 0.25) is 5.02 Å². The lowest BCUT2D eigenvalue weighted by Gasteiger charge is -2.40. The van der Waals surface area contributed by atoms with Crippen LogP contribution in [-0.4, -0.2) is 34.4 Å². The smallest absolute Gasteiger partial charge is 0.414 e. The summed E-state index contributed by atoms with van der Waals surface area (Å²) in [6, 6.07) is 21.3. The van der Waals surface area contributed by atoms with Crippen LogP contribution >= 0.6 is 11.6 Å². The number of amides is 1. The van der Waals surface area contributed by atoms with E-state index in [2.05, 4.69) is 5.10 Å². The first-order chi connectivity index (χ1) is 19.6. The quantitative estimate of drug-likeness (QED) is 0.269. The van der Waals surface area contributed by atoms with E-state index in [4.69, 9.17) is 21.1 Å². The molecule has 0 N–H and O–H groups in total. The summed E-state index contributed by atoms with van der Waals surface area (Å²) in [5.41, 5.74) is -6.36. The average Bonchev–Trinajstić information content (AvgIpc) is 3.53. The van der Waals surface area contributed by atoms with Gasteiger partial charge in [0.25, 0.3) is 5.91 Å². The molecule has 1 spiro atoms. The standard InChI is InChI=1S/C30H23ClF3N3O4/c1-3-40-27(39)28(30(32,33)34)23-18(2)35-37(20-13-8-5-9-14-20)25(23)41-29(28)21-15-10-16-22(31)24(21)36(26(29)38)17-19-11-6-4-7-12-19/h4-16H,3,17H2,1-2H3/t28-,29-/m0/s1. The van der Waals surface area contributed by atoms with Crippen LogP contribution < -0.4 is 9.64 Å². The summed E-state index contributed by atoms with van der Waals surface area (Å²) in [5, 5.41) is 4.36. The van der Waals surface area contributed by atoms with Crippen molar-refractivity contribution in [2.24, 2.45) is 0 Å². The maximum absolute atomic E-state index is 15.9. The van der Waals surface area contributed by atoms with Gasteiger partial charge in [0.2, 0.25) is 16.9 Å². The highest BCUT2D eigenvalue weighted by atomic mass is 35.5. The number of benzene rings is 3. The first-order valence-electron chi connectivity index (χ1n) is 12.8. The normalized spacial score (nSPS) is 21.1. The minimum atomic E-state index is -5.36. The molecule has 3 heterocycles. The molecule has 3 aromatic carbocycles. The summed E-state index contributed by atoms with van der Waals surface area (Å²) in [6.45, 7) is 2.27. The second kappa shape index (κ2) is 9.37. The molecular weight excluding hydrogens is 559 g/mol. The number of para-hydroxylation sites is 2. The average molecular weight is 582 g/mol. The summed E-state index contributed by atoms with van der Waals surface area (Å²) in [5.74, 6) is -3.13. The molecule has 0 bridgehead atoms. The topological polar surface area (TPSA) is 73.7 Å². The Labute approximate surface area is 238 Å². The molecule has 1 amide bonds. The van der Waals surface area contributed by atoms with Crippen LogP contribution in [0.15, 0.2) is 78.9 Å². The summed E-state index contributed by atoms with van der Waals surface area (Å²) < 4.78 is 60.1. The number of hydrogen-bond acceptors (Lipinski definition) is 5. The molecule has 2 aliphatic rings. The zero-order valence-electron chi connectivity index (χ0n) is 21.9. The summed E-state index contributed by atoms with van der Waals surface area (Å²) >= 11 is 6.58. The number of carbonyl (C=O) groups excluding carboxylic acids is 2. The predicted octanol–water partition coefficient (Wildman–Crippen LogP) is 6.03. The molecule has 4 aromatic rings. The lowest BCUT2D eigenvalue weighted by atomic mass is 9.65. The van der Waals surface area contributed by atoms with Crippen LogP contribution in [0.5, 0.6) is 5.88 Å². The predicted molar refractivity (Wildman–Crippen MR) is 144 cm³/mol. The molecule has 0 aliphatic carbocycles. The molecule has 1 aromatic heterocycles. The van der Waals surface area contributed by atoms with Crippen LogP contribution in [0.1, 0.15) is 29.3 Å². The van der Waals surface area contributed by atoms with Crippen molar-refractivity contribution in [3.63, 3.8) is 0 Å². The number of anilines is 1. The zero-order chi connectivity index (χ0) is 29.2. The molecule has 6 rings (SSSR count). The lowest BCUT2D eigenvalue weighted by Crippen LogP contribution is -2.66. The van der Waals surface area contributed by atoms with Crippen molar-refractivity contribution in [3.05, 3.63) is 106 Å². The van der Waals surface area contributed by atoms with E-state index in [9.17, 15) is 9.59 Å². The van der Waals surface area contributed by atoms with Gasteiger partial charge in [-0.1, -0.05) is 72.3 Å². The fourth-order valence-electron chi connectivity index (χ4n) is 5.97. The number of hydrogen-bond donors (Lipinski definition) is 0. The highest BCUT2D eigenvalue weighted by Crippen LogP contribution is 2.67. The fraction of sp³-hybridized carbons (Fsp3) is 0.233. The zero-order valence-corrected chi connectivity index (χ0v) is 22.7. The molecule has 11 heteroatoms. The summed E-state index contributed by atoms with van der Waals surface area (Å²) in [7, 11) is 0. The van der Waals surface area contributed by atoms with Crippen molar-refractivity contribution >= 4 is 29.2 Å². The van der Waals surface area contributed by atoms with E-state index < -0.39 is 34.6 Å². The second-order valence-corrected chi connectivity index (χ2v) is 10.2. The molecular formula is C30H23ClF3N3O4. The first-order valence-corrected chi connectivity index (χ1v) is 13.2. The van der Waals surface area contributed by atoms with E-state index in [0.29, 0.717) is 11.3 Å². The van der Waals surface area contributed by atoms with Crippen LogP contribution in [-0.2, 0) is 31.9 Å². The molecule has 2 atom stereocenters. The van der Waals surface area contributed by atoms with Crippen molar-refractivity contribution in [1.29, 1.82) is 0 Å². The third-order valence-corrected chi connectivity index (χ3v) is 7.85. The van der Waals surface area contributed by atoms with Crippen LogP contribution in [0.3, 0.4) is 0 Å². The van der Waals surface area contributed by atoms with E-state index in [1.54, 1.807) is 60.7 Å². The minimum Gasteiger partial charge on any atom is -0.465 e. The number of aromatic nitrogens is 2. The number of alkyl halides is 3. The lowest BCUT2D eigenvalue weighted by molar-refractivity contribution is -0.237. The Bertz CT molecular complexity index is 1680. The molecule has 210 valence electrons. The highest BCUT2D eigenvalue weighted by molar-refractivity contribution is 6.35. The Morgan fingerprint density at radius 2 is 1.68 bits per heavy atom. The van der Waals surface area contributed by atoms with E-state index in [-0.39, 0.29) is 41.0 Å². The molecule has 0 radical (unpaired) electrons. The number of halogens is 4. The SMILES string of the molecule is CCOC(=O)[C@@]1(C(F)(F)F)c2c(C)nn(-c3ccccc3)c2O[C@@]12C(=O)N(Cc1ccccc1)c1c(Cl)cccc12. The Kier molecular flexibility index (Phi) is 6.15. The summed E-state index contributed by atoms with van der Waals surface area (Å²) in [6.07, 6.45) is -5.36. The van der Waals surface area contributed by atoms with Gasteiger partial charge in [-0.15, -0.1) is 0 Å². The monoisotopic (exact) mass is 581 g/mol. The van der Waals surface area contributed by atoms with Gasteiger partial charge in [-0.05, 0) is 37.6 Å². The molecule has 0 saturated carbocycles. The third-order valence-electron chi connectivity index (χ3n) is 7.54. The Balaban J connectivity index is 1.71.